The smallest absolute Gasteiger partial charge is 0.250 e. The minimum absolute atomic E-state index is 0.137. The molecule has 0 saturated heterocycles. The van der Waals surface area contributed by atoms with E-state index in [1.807, 2.05) is 30.3 Å². The Morgan fingerprint density at radius 1 is 1.17 bits per heavy atom. The van der Waals surface area contributed by atoms with Crippen LogP contribution in [-0.2, 0) is 21.4 Å². The molecule has 24 heavy (non-hydrogen) atoms. The maximum atomic E-state index is 12.2. The van der Waals surface area contributed by atoms with Gasteiger partial charge in [-0.15, -0.1) is 23.1 Å². The normalized spacial score (nSPS) is 11.4. The van der Waals surface area contributed by atoms with Gasteiger partial charge in [-0.2, -0.15) is 0 Å². The molecule has 1 heterocycles. The zero-order chi connectivity index (χ0) is 17.4. The van der Waals surface area contributed by atoms with Crippen LogP contribution in [0.1, 0.15) is 18.2 Å². The Bertz CT molecular complexity index is 758. The number of carbonyl (C=O) groups is 1. The van der Waals surface area contributed by atoms with Crippen molar-refractivity contribution in [3.8, 4) is 0 Å². The van der Waals surface area contributed by atoms with E-state index in [2.05, 4.69) is 10.0 Å². The lowest BCUT2D eigenvalue weighted by Gasteiger charge is -2.05. The Kier molecular flexibility index (Phi) is 7.29. The minimum atomic E-state index is -3.48. The fraction of sp³-hybridized carbons (Fsp3) is 0.312. The van der Waals surface area contributed by atoms with Gasteiger partial charge in [-0.05, 0) is 36.4 Å². The Hall–Kier alpha value is -1.35. The van der Waals surface area contributed by atoms with E-state index in [1.165, 1.54) is 23.2 Å². The highest BCUT2D eigenvalue weighted by atomic mass is 32.2. The van der Waals surface area contributed by atoms with E-state index in [0.29, 0.717) is 13.1 Å². The van der Waals surface area contributed by atoms with Crippen molar-refractivity contribution in [3.05, 3.63) is 47.3 Å². The molecule has 0 spiro atoms. The van der Waals surface area contributed by atoms with Gasteiger partial charge in [0.05, 0.1) is 6.54 Å². The number of rotatable bonds is 9. The molecule has 1 amide bonds. The highest BCUT2D eigenvalue weighted by Crippen LogP contribution is 2.21. The first-order valence-electron chi connectivity index (χ1n) is 7.48. The number of thiophene rings is 1. The topological polar surface area (TPSA) is 75.3 Å². The molecule has 0 atom stereocenters. The van der Waals surface area contributed by atoms with Crippen LogP contribution in [0.2, 0.25) is 0 Å². The fourth-order valence-electron chi connectivity index (χ4n) is 1.87. The van der Waals surface area contributed by atoms with Crippen LogP contribution in [0.4, 0.5) is 0 Å². The summed E-state index contributed by atoms with van der Waals surface area (Å²) >= 11 is 2.88. The van der Waals surface area contributed by atoms with Crippen molar-refractivity contribution in [2.75, 3.05) is 12.3 Å². The fourth-order valence-corrected chi connectivity index (χ4v) is 5.15. The van der Waals surface area contributed by atoms with Crippen LogP contribution in [0.15, 0.2) is 51.6 Å². The van der Waals surface area contributed by atoms with Crippen molar-refractivity contribution in [1.82, 2.24) is 10.0 Å². The van der Waals surface area contributed by atoms with Crippen LogP contribution in [0, 0.1) is 0 Å². The van der Waals surface area contributed by atoms with Crippen molar-refractivity contribution in [2.45, 2.75) is 29.0 Å². The van der Waals surface area contributed by atoms with Crippen molar-refractivity contribution >= 4 is 39.0 Å². The molecule has 0 unspecified atom stereocenters. The summed E-state index contributed by atoms with van der Waals surface area (Å²) in [5, 5.41) is 2.66. The van der Waals surface area contributed by atoms with Gasteiger partial charge in [-0.25, -0.2) is 13.1 Å². The van der Waals surface area contributed by atoms with E-state index in [0.717, 1.165) is 17.1 Å². The standard InChI is InChI=1S/C16H20N2O3S3/c1-13(19)17-12-15-8-9-16(23-15)24(20,21)18-10-5-11-22-14-6-3-2-4-7-14/h2-4,6-9,18H,5,10-12H2,1H3,(H,17,19). The summed E-state index contributed by atoms with van der Waals surface area (Å²) in [5.74, 6) is 0.715. The molecule has 0 radical (unpaired) electrons. The van der Waals surface area contributed by atoms with Crippen LogP contribution in [0.3, 0.4) is 0 Å². The van der Waals surface area contributed by atoms with Crippen LogP contribution in [0.25, 0.3) is 0 Å². The molecular weight excluding hydrogens is 364 g/mol. The van der Waals surface area contributed by atoms with Gasteiger partial charge in [0.25, 0.3) is 0 Å². The monoisotopic (exact) mass is 384 g/mol. The van der Waals surface area contributed by atoms with E-state index in [-0.39, 0.29) is 10.1 Å². The molecule has 0 aliphatic carbocycles. The Morgan fingerprint density at radius 2 is 1.92 bits per heavy atom. The third kappa shape index (κ3) is 6.27. The predicted molar refractivity (Wildman–Crippen MR) is 98.8 cm³/mol. The molecule has 130 valence electrons. The summed E-state index contributed by atoms with van der Waals surface area (Å²) in [5.41, 5.74) is 0. The number of carbonyl (C=O) groups excluding carboxylic acids is 1. The predicted octanol–water partition coefficient (Wildman–Crippen LogP) is 2.84. The number of nitrogens with one attached hydrogen (secondary N) is 2. The quantitative estimate of drug-likeness (QED) is 0.515. The molecule has 0 aliphatic rings. The second-order valence-corrected chi connectivity index (χ2v) is 9.37. The van der Waals surface area contributed by atoms with Crippen LogP contribution in [-0.4, -0.2) is 26.6 Å². The van der Waals surface area contributed by atoms with Crippen LogP contribution < -0.4 is 10.0 Å². The van der Waals surface area contributed by atoms with Crippen LogP contribution in [0.5, 0.6) is 0 Å². The molecule has 2 N–H and O–H groups in total. The molecule has 1 aromatic carbocycles. The molecule has 8 heteroatoms. The lowest BCUT2D eigenvalue weighted by Crippen LogP contribution is -2.24. The van der Waals surface area contributed by atoms with Gasteiger partial charge in [-0.3, -0.25) is 4.79 Å². The summed E-state index contributed by atoms with van der Waals surface area (Å²) in [6.45, 7) is 2.19. The number of sulfonamides is 1. The molecule has 0 aliphatic heterocycles. The molecule has 2 rings (SSSR count). The number of amides is 1. The first kappa shape index (κ1) is 19.0. The van der Waals surface area contributed by atoms with Crippen molar-refractivity contribution in [3.63, 3.8) is 0 Å². The Balaban J connectivity index is 1.76. The molecular formula is C16H20N2O3S3. The van der Waals surface area contributed by atoms with Crippen molar-refractivity contribution in [1.29, 1.82) is 0 Å². The van der Waals surface area contributed by atoms with E-state index < -0.39 is 10.0 Å². The van der Waals surface area contributed by atoms with Gasteiger partial charge in [0.1, 0.15) is 4.21 Å². The maximum absolute atomic E-state index is 12.2. The van der Waals surface area contributed by atoms with Gasteiger partial charge < -0.3 is 5.32 Å². The zero-order valence-corrected chi connectivity index (χ0v) is 15.8. The lowest BCUT2D eigenvalue weighted by molar-refractivity contribution is -0.119. The van der Waals surface area contributed by atoms with E-state index in [9.17, 15) is 13.2 Å². The van der Waals surface area contributed by atoms with Gasteiger partial charge >= 0.3 is 0 Å². The van der Waals surface area contributed by atoms with Gasteiger partial charge in [0.15, 0.2) is 0 Å². The highest BCUT2D eigenvalue weighted by Gasteiger charge is 2.16. The number of benzene rings is 1. The molecule has 1 aromatic heterocycles. The summed E-state index contributed by atoms with van der Waals surface area (Å²) in [6.07, 6.45) is 0.753. The number of hydrogen-bond acceptors (Lipinski definition) is 5. The van der Waals surface area contributed by atoms with E-state index in [1.54, 1.807) is 23.9 Å². The lowest BCUT2D eigenvalue weighted by atomic mass is 10.4. The average molecular weight is 385 g/mol. The number of hydrogen-bond donors (Lipinski definition) is 2. The van der Waals surface area contributed by atoms with Gasteiger partial charge in [-0.1, -0.05) is 18.2 Å². The third-order valence-electron chi connectivity index (χ3n) is 3.04. The second-order valence-electron chi connectivity index (χ2n) is 5.04. The largest absolute Gasteiger partial charge is 0.351 e. The van der Waals surface area contributed by atoms with Crippen molar-refractivity contribution < 1.29 is 13.2 Å². The van der Waals surface area contributed by atoms with Crippen LogP contribution >= 0.6 is 23.1 Å². The number of thioether (sulfide) groups is 1. The molecule has 0 fully saturated rings. The van der Waals surface area contributed by atoms with E-state index in [4.69, 9.17) is 0 Å². The SMILES string of the molecule is CC(=O)NCc1ccc(S(=O)(=O)NCCCSc2ccccc2)s1. The van der Waals surface area contributed by atoms with Gasteiger partial charge in [0.2, 0.25) is 15.9 Å². The molecule has 0 bridgehead atoms. The maximum Gasteiger partial charge on any atom is 0.250 e. The summed E-state index contributed by atoms with van der Waals surface area (Å²) in [6, 6.07) is 13.3. The Morgan fingerprint density at radius 3 is 2.62 bits per heavy atom. The molecule has 0 saturated carbocycles. The Labute approximate surface area is 150 Å². The summed E-state index contributed by atoms with van der Waals surface area (Å²) < 4.78 is 27.3. The first-order chi connectivity index (χ1) is 11.5. The van der Waals surface area contributed by atoms with Crippen molar-refractivity contribution in [2.24, 2.45) is 0 Å². The zero-order valence-electron chi connectivity index (χ0n) is 13.3. The second kappa shape index (κ2) is 9.22. The molecule has 5 nitrogen and oxygen atoms in total. The van der Waals surface area contributed by atoms with Gasteiger partial charge in [0, 0.05) is 23.2 Å². The third-order valence-corrected chi connectivity index (χ3v) is 7.17. The minimum Gasteiger partial charge on any atom is -0.351 e. The average Bonchev–Trinajstić information content (AvgIpc) is 3.03. The highest BCUT2D eigenvalue weighted by molar-refractivity contribution is 7.99. The van der Waals surface area contributed by atoms with E-state index >= 15 is 0 Å². The molecule has 2 aromatic rings. The summed E-state index contributed by atoms with van der Waals surface area (Å²) in [4.78, 5) is 12.9. The summed E-state index contributed by atoms with van der Waals surface area (Å²) in [7, 11) is -3.48. The first-order valence-corrected chi connectivity index (χ1v) is 10.8.